The molecule has 1 amide bonds. The molecule has 0 spiro atoms. The van der Waals surface area contributed by atoms with Crippen molar-refractivity contribution in [3.63, 3.8) is 0 Å². The zero-order chi connectivity index (χ0) is 13.8. The summed E-state index contributed by atoms with van der Waals surface area (Å²) >= 11 is 0. The maximum Gasteiger partial charge on any atom is 0.276 e. The lowest BCUT2D eigenvalue weighted by Crippen LogP contribution is -2.12. The molecule has 0 bridgehead atoms. The highest BCUT2D eigenvalue weighted by atomic mass is 16.1. The van der Waals surface area contributed by atoms with Crippen LogP contribution in [-0.4, -0.2) is 16.1 Å². The molecule has 0 aliphatic carbocycles. The molecule has 1 aromatic heterocycles. The Balaban J connectivity index is 2.03. The number of amides is 1. The van der Waals surface area contributed by atoms with E-state index in [1.807, 2.05) is 37.3 Å². The van der Waals surface area contributed by atoms with Gasteiger partial charge < -0.3 is 5.32 Å². The maximum atomic E-state index is 12.0. The van der Waals surface area contributed by atoms with Crippen molar-refractivity contribution in [3.8, 4) is 0 Å². The highest BCUT2D eigenvalue weighted by Crippen LogP contribution is 2.11. The Hall–Kier alpha value is -2.10. The van der Waals surface area contributed by atoms with E-state index in [0.717, 1.165) is 23.4 Å². The molecule has 0 aliphatic rings. The largest absolute Gasteiger partial charge is 0.321 e. The molecular formula is C15H19N3O. The van der Waals surface area contributed by atoms with Crippen LogP contribution in [0.15, 0.2) is 30.3 Å². The average Bonchev–Trinajstić information content (AvgIpc) is 2.80. The molecule has 4 nitrogen and oxygen atoms in total. The third kappa shape index (κ3) is 3.68. The second kappa shape index (κ2) is 5.69. The fourth-order valence-electron chi connectivity index (χ4n) is 1.85. The van der Waals surface area contributed by atoms with E-state index >= 15 is 0 Å². The molecule has 4 heteroatoms. The van der Waals surface area contributed by atoms with Crippen LogP contribution < -0.4 is 5.32 Å². The van der Waals surface area contributed by atoms with Crippen molar-refractivity contribution < 1.29 is 4.79 Å². The molecule has 19 heavy (non-hydrogen) atoms. The van der Waals surface area contributed by atoms with Gasteiger partial charge in [0.05, 0.1) is 0 Å². The summed E-state index contributed by atoms with van der Waals surface area (Å²) in [7, 11) is 0. The number of carbonyl (C=O) groups excluding carboxylic acids is 1. The Kier molecular flexibility index (Phi) is 4.00. The van der Waals surface area contributed by atoms with Gasteiger partial charge in [0, 0.05) is 11.4 Å². The SMILES string of the molecule is Cc1ccc(NC(=O)c2cc(CC(C)C)[nH]n2)cc1. The van der Waals surface area contributed by atoms with E-state index in [1.165, 1.54) is 0 Å². The number of hydrogen-bond acceptors (Lipinski definition) is 2. The summed E-state index contributed by atoms with van der Waals surface area (Å²) in [4.78, 5) is 12.0. The van der Waals surface area contributed by atoms with Crippen LogP contribution in [0.4, 0.5) is 5.69 Å². The second-order valence-corrected chi connectivity index (χ2v) is 5.20. The lowest BCUT2D eigenvalue weighted by atomic mass is 10.1. The Morgan fingerprint density at radius 3 is 2.63 bits per heavy atom. The standard InChI is InChI=1S/C15H19N3O/c1-10(2)8-13-9-14(18-17-13)15(19)16-12-6-4-11(3)5-7-12/h4-7,9-10H,8H2,1-3H3,(H,16,19)(H,17,18). The van der Waals surface area contributed by atoms with Crippen LogP contribution in [0.25, 0.3) is 0 Å². The summed E-state index contributed by atoms with van der Waals surface area (Å²) in [6, 6.07) is 9.50. The summed E-state index contributed by atoms with van der Waals surface area (Å²) in [6.45, 7) is 6.28. The quantitative estimate of drug-likeness (QED) is 0.883. The predicted molar refractivity (Wildman–Crippen MR) is 76.3 cm³/mol. The van der Waals surface area contributed by atoms with Crippen LogP contribution in [0.3, 0.4) is 0 Å². The smallest absolute Gasteiger partial charge is 0.276 e. The summed E-state index contributed by atoms with van der Waals surface area (Å²) in [6.07, 6.45) is 0.894. The summed E-state index contributed by atoms with van der Waals surface area (Å²) in [5, 5.41) is 9.78. The number of aryl methyl sites for hydroxylation is 1. The molecule has 2 N–H and O–H groups in total. The van der Waals surface area contributed by atoms with Gasteiger partial charge in [0.2, 0.25) is 0 Å². The van der Waals surface area contributed by atoms with E-state index in [2.05, 4.69) is 29.4 Å². The van der Waals surface area contributed by atoms with Crippen LogP contribution in [0, 0.1) is 12.8 Å². The van der Waals surface area contributed by atoms with E-state index in [4.69, 9.17) is 0 Å². The fourth-order valence-corrected chi connectivity index (χ4v) is 1.85. The number of H-pyrrole nitrogens is 1. The Labute approximate surface area is 113 Å². The number of anilines is 1. The summed E-state index contributed by atoms with van der Waals surface area (Å²) in [5.41, 5.74) is 3.36. The molecule has 0 fully saturated rings. The van der Waals surface area contributed by atoms with E-state index in [1.54, 1.807) is 0 Å². The zero-order valence-corrected chi connectivity index (χ0v) is 11.5. The van der Waals surface area contributed by atoms with Crippen molar-refractivity contribution in [2.45, 2.75) is 27.2 Å². The minimum absolute atomic E-state index is 0.185. The molecular weight excluding hydrogens is 238 g/mol. The van der Waals surface area contributed by atoms with Gasteiger partial charge in [-0.05, 0) is 37.5 Å². The van der Waals surface area contributed by atoms with Gasteiger partial charge >= 0.3 is 0 Å². The van der Waals surface area contributed by atoms with Crippen molar-refractivity contribution in [1.29, 1.82) is 0 Å². The van der Waals surface area contributed by atoms with E-state index in [0.29, 0.717) is 11.6 Å². The zero-order valence-electron chi connectivity index (χ0n) is 11.5. The van der Waals surface area contributed by atoms with Gasteiger partial charge in [-0.1, -0.05) is 31.5 Å². The number of hydrogen-bond donors (Lipinski definition) is 2. The molecule has 1 aromatic carbocycles. The Morgan fingerprint density at radius 1 is 1.32 bits per heavy atom. The highest BCUT2D eigenvalue weighted by Gasteiger charge is 2.11. The van der Waals surface area contributed by atoms with Crippen molar-refractivity contribution in [1.82, 2.24) is 10.2 Å². The molecule has 0 saturated heterocycles. The third-order valence-electron chi connectivity index (χ3n) is 2.80. The first-order valence-corrected chi connectivity index (χ1v) is 6.47. The number of nitrogens with one attached hydrogen (secondary N) is 2. The topological polar surface area (TPSA) is 57.8 Å². The van der Waals surface area contributed by atoms with Crippen molar-refractivity contribution in [2.75, 3.05) is 5.32 Å². The molecule has 2 rings (SSSR count). The third-order valence-corrected chi connectivity index (χ3v) is 2.80. The molecule has 0 radical (unpaired) electrons. The molecule has 0 atom stereocenters. The lowest BCUT2D eigenvalue weighted by molar-refractivity contribution is 0.102. The average molecular weight is 257 g/mol. The van der Waals surface area contributed by atoms with Gasteiger partial charge in [-0.25, -0.2) is 0 Å². The molecule has 0 saturated carbocycles. The second-order valence-electron chi connectivity index (χ2n) is 5.20. The van der Waals surface area contributed by atoms with Crippen LogP contribution in [0.5, 0.6) is 0 Å². The first-order chi connectivity index (χ1) is 9.04. The van der Waals surface area contributed by atoms with Crippen molar-refractivity contribution >= 4 is 11.6 Å². The minimum Gasteiger partial charge on any atom is -0.321 e. The minimum atomic E-state index is -0.185. The number of benzene rings is 1. The fraction of sp³-hybridized carbons (Fsp3) is 0.333. The molecule has 1 heterocycles. The van der Waals surface area contributed by atoms with E-state index in [-0.39, 0.29) is 5.91 Å². The summed E-state index contributed by atoms with van der Waals surface area (Å²) < 4.78 is 0. The normalized spacial score (nSPS) is 10.7. The van der Waals surface area contributed by atoms with Crippen LogP contribution in [0.1, 0.15) is 35.6 Å². The predicted octanol–water partition coefficient (Wildman–Crippen LogP) is 3.17. The Morgan fingerprint density at radius 2 is 2.00 bits per heavy atom. The van der Waals surface area contributed by atoms with E-state index in [9.17, 15) is 4.79 Å². The lowest BCUT2D eigenvalue weighted by Gasteiger charge is -2.03. The number of nitrogens with zero attached hydrogens (tertiary/aromatic N) is 1. The van der Waals surface area contributed by atoms with Crippen LogP contribution in [0.2, 0.25) is 0 Å². The van der Waals surface area contributed by atoms with Gasteiger partial charge in [0.15, 0.2) is 5.69 Å². The molecule has 2 aromatic rings. The van der Waals surface area contributed by atoms with Crippen LogP contribution in [-0.2, 0) is 6.42 Å². The van der Waals surface area contributed by atoms with Gasteiger partial charge in [-0.3, -0.25) is 9.89 Å². The van der Waals surface area contributed by atoms with Gasteiger partial charge in [-0.15, -0.1) is 0 Å². The van der Waals surface area contributed by atoms with Gasteiger partial charge in [0.25, 0.3) is 5.91 Å². The number of aromatic nitrogens is 2. The monoisotopic (exact) mass is 257 g/mol. The van der Waals surface area contributed by atoms with Crippen LogP contribution >= 0.6 is 0 Å². The number of carbonyl (C=O) groups is 1. The first kappa shape index (κ1) is 13.3. The maximum absolute atomic E-state index is 12.0. The number of aromatic amines is 1. The first-order valence-electron chi connectivity index (χ1n) is 6.47. The van der Waals surface area contributed by atoms with E-state index < -0.39 is 0 Å². The molecule has 100 valence electrons. The van der Waals surface area contributed by atoms with Crippen molar-refractivity contribution in [2.24, 2.45) is 5.92 Å². The Bertz CT molecular complexity index is 555. The van der Waals surface area contributed by atoms with Gasteiger partial charge in [-0.2, -0.15) is 5.10 Å². The van der Waals surface area contributed by atoms with Gasteiger partial charge in [0.1, 0.15) is 0 Å². The molecule has 0 unspecified atom stereocenters. The number of rotatable bonds is 4. The summed E-state index contributed by atoms with van der Waals surface area (Å²) in [5.74, 6) is 0.351. The molecule has 0 aliphatic heterocycles. The highest BCUT2D eigenvalue weighted by molar-refractivity contribution is 6.02. The van der Waals surface area contributed by atoms with Crippen molar-refractivity contribution in [3.05, 3.63) is 47.3 Å².